The number of rotatable bonds is 1. The van der Waals surface area contributed by atoms with Crippen LogP contribution in [-0.4, -0.2) is 5.78 Å². The Morgan fingerprint density at radius 2 is 1.65 bits per heavy atom. The standard InChI is InChI=1S/C21H20F2N2O/c1-21(2)10-17-19(18(26)11-21)20(12-7-13(22)9-14(23)8-12)25-16-6-4-3-5-15(16)24-17/h3-9,20,24-25H,10-11H2,1-2H3/t20-/m1/s1. The van der Waals surface area contributed by atoms with Crippen LogP contribution in [0.3, 0.4) is 0 Å². The lowest BCUT2D eigenvalue weighted by Crippen LogP contribution is -2.31. The van der Waals surface area contributed by atoms with Gasteiger partial charge in [0.05, 0.1) is 17.4 Å². The van der Waals surface area contributed by atoms with Crippen molar-refractivity contribution in [3.05, 3.63) is 70.9 Å². The van der Waals surface area contributed by atoms with E-state index in [1.165, 1.54) is 12.1 Å². The van der Waals surface area contributed by atoms with E-state index in [2.05, 4.69) is 24.5 Å². The van der Waals surface area contributed by atoms with E-state index in [1.54, 1.807) is 0 Å². The fourth-order valence-corrected chi connectivity index (χ4v) is 3.88. The number of halogens is 2. The number of anilines is 2. The quantitative estimate of drug-likeness (QED) is 0.741. The number of carbonyl (C=O) groups excluding carboxylic acids is 1. The van der Waals surface area contributed by atoms with Gasteiger partial charge in [0.2, 0.25) is 0 Å². The SMILES string of the molecule is CC1(C)CC(=O)C2=C(C1)Nc1ccccc1N[C@@H]2c1cc(F)cc(F)c1. The Kier molecular flexibility index (Phi) is 3.83. The minimum atomic E-state index is -0.655. The van der Waals surface area contributed by atoms with Crippen molar-refractivity contribution in [3.8, 4) is 0 Å². The van der Waals surface area contributed by atoms with E-state index in [1.807, 2.05) is 24.3 Å². The van der Waals surface area contributed by atoms with Gasteiger partial charge < -0.3 is 10.6 Å². The van der Waals surface area contributed by atoms with Crippen LogP contribution < -0.4 is 10.6 Å². The van der Waals surface area contributed by atoms with Crippen LogP contribution in [0, 0.1) is 17.0 Å². The van der Waals surface area contributed by atoms with Gasteiger partial charge in [-0.25, -0.2) is 8.78 Å². The normalized spacial score (nSPS) is 21.2. The highest BCUT2D eigenvalue weighted by molar-refractivity contribution is 6.01. The number of benzene rings is 2. The molecular weight excluding hydrogens is 334 g/mol. The van der Waals surface area contributed by atoms with Crippen LogP contribution in [0.15, 0.2) is 53.7 Å². The van der Waals surface area contributed by atoms with Gasteiger partial charge in [0, 0.05) is 23.8 Å². The molecule has 0 fully saturated rings. The highest BCUT2D eigenvalue weighted by Crippen LogP contribution is 2.45. The number of allylic oxidation sites excluding steroid dienone is 1. The Labute approximate surface area is 151 Å². The summed E-state index contributed by atoms with van der Waals surface area (Å²) in [5.74, 6) is -1.31. The van der Waals surface area contributed by atoms with Gasteiger partial charge in [-0.05, 0) is 41.7 Å². The summed E-state index contributed by atoms with van der Waals surface area (Å²) >= 11 is 0. The van der Waals surface area contributed by atoms with Crippen molar-refractivity contribution in [3.63, 3.8) is 0 Å². The molecule has 0 radical (unpaired) electrons. The molecule has 2 aromatic rings. The minimum absolute atomic E-state index is 0.00118. The van der Waals surface area contributed by atoms with Crippen LogP contribution in [0.5, 0.6) is 0 Å². The van der Waals surface area contributed by atoms with Crippen LogP contribution in [0.1, 0.15) is 38.3 Å². The van der Waals surface area contributed by atoms with Crippen molar-refractivity contribution >= 4 is 17.2 Å². The third kappa shape index (κ3) is 2.98. The van der Waals surface area contributed by atoms with Crippen LogP contribution in [0.25, 0.3) is 0 Å². The summed E-state index contributed by atoms with van der Waals surface area (Å²) in [6, 6.07) is 10.4. The highest BCUT2D eigenvalue weighted by atomic mass is 19.1. The van der Waals surface area contributed by atoms with Crippen molar-refractivity contribution in [2.75, 3.05) is 10.6 Å². The van der Waals surface area contributed by atoms with Gasteiger partial charge in [-0.15, -0.1) is 0 Å². The van der Waals surface area contributed by atoms with Crippen molar-refractivity contribution in [1.29, 1.82) is 0 Å². The van der Waals surface area contributed by atoms with Gasteiger partial charge in [0.15, 0.2) is 5.78 Å². The maximum absolute atomic E-state index is 13.8. The fraction of sp³-hybridized carbons (Fsp3) is 0.286. The lowest BCUT2D eigenvalue weighted by molar-refractivity contribution is -0.118. The summed E-state index contributed by atoms with van der Waals surface area (Å²) in [4.78, 5) is 13.0. The molecule has 4 rings (SSSR count). The number of para-hydroxylation sites is 2. The van der Waals surface area contributed by atoms with Crippen LogP contribution in [0.4, 0.5) is 20.2 Å². The van der Waals surface area contributed by atoms with E-state index in [9.17, 15) is 13.6 Å². The molecule has 0 spiro atoms. The Bertz CT molecular complexity index is 913. The molecule has 134 valence electrons. The fourth-order valence-electron chi connectivity index (χ4n) is 3.88. The number of Topliss-reactive ketones (excluding diaryl/α,β-unsaturated/α-hetero) is 1. The zero-order valence-corrected chi connectivity index (χ0v) is 14.7. The topological polar surface area (TPSA) is 41.1 Å². The summed E-state index contributed by atoms with van der Waals surface area (Å²) in [6.45, 7) is 4.11. The molecule has 1 heterocycles. The molecule has 0 bridgehead atoms. The Balaban J connectivity index is 1.91. The zero-order valence-electron chi connectivity index (χ0n) is 14.7. The van der Waals surface area contributed by atoms with Crippen molar-refractivity contribution in [2.45, 2.75) is 32.7 Å². The molecule has 0 saturated heterocycles. The molecule has 1 atom stereocenters. The smallest absolute Gasteiger partial charge is 0.163 e. The van der Waals surface area contributed by atoms with Gasteiger partial charge in [0.1, 0.15) is 11.6 Å². The number of fused-ring (bicyclic) bond motifs is 1. The summed E-state index contributed by atoms with van der Waals surface area (Å²) < 4.78 is 27.7. The molecule has 2 aliphatic rings. The molecular formula is C21H20F2N2O. The summed E-state index contributed by atoms with van der Waals surface area (Å²) in [7, 11) is 0. The third-order valence-corrected chi connectivity index (χ3v) is 4.94. The zero-order chi connectivity index (χ0) is 18.5. The maximum Gasteiger partial charge on any atom is 0.163 e. The number of hydrogen-bond acceptors (Lipinski definition) is 3. The van der Waals surface area contributed by atoms with Gasteiger partial charge in [-0.1, -0.05) is 26.0 Å². The second-order valence-corrected chi connectivity index (χ2v) is 7.78. The number of ketones is 1. The first-order chi connectivity index (χ1) is 12.3. The second kappa shape index (κ2) is 5.94. The van der Waals surface area contributed by atoms with Gasteiger partial charge in [0.25, 0.3) is 0 Å². The van der Waals surface area contributed by atoms with E-state index < -0.39 is 17.7 Å². The van der Waals surface area contributed by atoms with E-state index >= 15 is 0 Å². The first-order valence-corrected chi connectivity index (χ1v) is 8.67. The Morgan fingerprint density at radius 3 is 2.35 bits per heavy atom. The highest BCUT2D eigenvalue weighted by Gasteiger charge is 2.38. The lowest BCUT2D eigenvalue weighted by atomic mass is 9.73. The monoisotopic (exact) mass is 354 g/mol. The summed E-state index contributed by atoms with van der Waals surface area (Å²) in [5, 5.41) is 6.70. The molecule has 0 saturated carbocycles. The molecule has 2 N–H and O–H groups in total. The van der Waals surface area contributed by atoms with Crippen LogP contribution >= 0.6 is 0 Å². The molecule has 2 aromatic carbocycles. The molecule has 1 aliphatic heterocycles. The Morgan fingerprint density at radius 1 is 1.00 bits per heavy atom. The van der Waals surface area contributed by atoms with E-state index in [0.717, 1.165) is 23.1 Å². The molecule has 1 aliphatic carbocycles. The van der Waals surface area contributed by atoms with Gasteiger partial charge in [-0.3, -0.25) is 4.79 Å². The van der Waals surface area contributed by atoms with Crippen LogP contribution in [-0.2, 0) is 4.79 Å². The molecule has 0 aromatic heterocycles. The molecule has 0 unspecified atom stereocenters. The molecule has 0 amide bonds. The second-order valence-electron chi connectivity index (χ2n) is 7.78. The van der Waals surface area contributed by atoms with Gasteiger partial charge >= 0.3 is 0 Å². The largest absolute Gasteiger partial charge is 0.372 e. The average Bonchev–Trinajstić information content (AvgIpc) is 2.69. The first kappa shape index (κ1) is 16.8. The number of hydrogen-bond donors (Lipinski definition) is 2. The molecule has 5 heteroatoms. The predicted molar refractivity (Wildman–Crippen MR) is 97.8 cm³/mol. The molecule has 26 heavy (non-hydrogen) atoms. The predicted octanol–water partition coefficient (Wildman–Crippen LogP) is 5.19. The van der Waals surface area contributed by atoms with Gasteiger partial charge in [-0.2, -0.15) is 0 Å². The van der Waals surface area contributed by atoms with Crippen molar-refractivity contribution in [1.82, 2.24) is 0 Å². The summed E-state index contributed by atoms with van der Waals surface area (Å²) in [5.41, 5.74) is 3.26. The van der Waals surface area contributed by atoms with Crippen LogP contribution in [0.2, 0.25) is 0 Å². The molecule has 3 nitrogen and oxygen atoms in total. The van der Waals surface area contributed by atoms with E-state index in [-0.39, 0.29) is 11.2 Å². The number of nitrogens with one attached hydrogen (secondary N) is 2. The first-order valence-electron chi connectivity index (χ1n) is 8.67. The third-order valence-electron chi connectivity index (χ3n) is 4.94. The Hall–Kier alpha value is -2.69. The van der Waals surface area contributed by atoms with Crippen molar-refractivity contribution in [2.24, 2.45) is 5.41 Å². The maximum atomic E-state index is 13.8. The minimum Gasteiger partial charge on any atom is -0.372 e. The lowest BCUT2D eigenvalue weighted by Gasteiger charge is -2.34. The average molecular weight is 354 g/mol. The van der Waals surface area contributed by atoms with E-state index in [0.29, 0.717) is 24.0 Å². The summed E-state index contributed by atoms with van der Waals surface area (Å²) in [6.07, 6.45) is 1.10. The van der Waals surface area contributed by atoms with E-state index in [4.69, 9.17) is 0 Å². The van der Waals surface area contributed by atoms with Crippen molar-refractivity contribution < 1.29 is 13.6 Å². The number of carbonyl (C=O) groups is 1.